The third kappa shape index (κ3) is 2.36. The lowest BCUT2D eigenvalue weighted by atomic mass is 10.3. The van der Waals surface area contributed by atoms with Crippen molar-refractivity contribution in [2.75, 3.05) is 7.11 Å². The Balaban J connectivity index is 2.59. The molecule has 0 aliphatic rings. The minimum atomic E-state index is 0.373. The molecule has 5 nitrogen and oxygen atoms in total. The summed E-state index contributed by atoms with van der Waals surface area (Å²) in [6.45, 7) is 0.373. The lowest BCUT2D eigenvalue weighted by Gasteiger charge is -2.10. The van der Waals surface area contributed by atoms with Crippen LogP contribution in [-0.4, -0.2) is 22.1 Å². The smallest absolute Gasteiger partial charge is 0.135 e. The van der Waals surface area contributed by atoms with Crippen molar-refractivity contribution in [3.63, 3.8) is 0 Å². The zero-order valence-electron chi connectivity index (χ0n) is 9.02. The van der Waals surface area contributed by atoms with Gasteiger partial charge in [0.2, 0.25) is 0 Å². The van der Waals surface area contributed by atoms with E-state index in [9.17, 15) is 0 Å². The van der Waals surface area contributed by atoms with Gasteiger partial charge >= 0.3 is 0 Å². The highest BCUT2D eigenvalue weighted by Crippen LogP contribution is 2.33. The molecule has 7 heteroatoms. The minimum Gasteiger partial charge on any atom is -0.495 e. The van der Waals surface area contributed by atoms with Crippen molar-refractivity contribution in [3.05, 3.63) is 33.0 Å². The van der Waals surface area contributed by atoms with Crippen LogP contribution in [0.1, 0.15) is 5.69 Å². The van der Waals surface area contributed by atoms with Crippen LogP contribution in [0.15, 0.2) is 27.3 Å². The van der Waals surface area contributed by atoms with Gasteiger partial charge in [-0.25, -0.2) is 4.68 Å². The van der Waals surface area contributed by atoms with Crippen molar-refractivity contribution in [1.29, 1.82) is 0 Å². The topological polar surface area (TPSA) is 66.0 Å². The summed E-state index contributed by atoms with van der Waals surface area (Å²) in [7, 11) is 1.61. The van der Waals surface area contributed by atoms with Gasteiger partial charge in [0.1, 0.15) is 5.75 Å². The van der Waals surface area contributed by atoms with Crippen LogP contribution in [0, 0.1) is 0 Å². The summed E-state index contributed by atoms with van der Waals surface area (Å²) >= 11 is 6.90. The summed E-state index contributed by atoms with van der Waals surface area (Å²) in [6, 6.07) is 3.76. The molecule has 0 amide bonds. The van der Waals surface area contributed by atoms with Crippen LogP contribution in [0.25, 0.3) is 5.69 Å². The molecule has 1 heterocycles. The molecular weight excluding hydrogens is 352 g/mol. The maximum absolute atomic E-state index is 5.63. The molecule has 2 rings (SSSR count). The molecule has 1 aromatic heterocycles. The number of nitrogens with zero attached hydrogens (tertiary/aromatic N) is 3. The van der Waals surface area contributed by atoms with Crippen molar-refractivity contribution in [2.45, 2.75) is 6.54 Å². The maximum Gasteiger partial charge on any atom is 0.135 e. The Bertz CT molecular complexity index is 541. The van der Waals surface area contributed by atoms with E-state index in [1.807, 2.05) is 12.1 Å². The third-order valence-electron chi connectivity index (χ3n) is 2.28. The molecular formula is C10H10Br2N4O. The molecule has 90 valence electrons. The number of ether oxygens (including phenoxy) is 1. The second-order valence-electron chi connectivity index (χ2n) is 3.28. The molecule has 0 atom stereocenters. The Morgan fingerprint density at radius 3 is 2.76 bits per heavy atom. The fourth-order valence-corrected chi connectivity index (χ4v) is 2.76. The zero-order chi connectivity index (χ0) is 12.4. The lowest BCUT2D eigenvalue weighted by Crippen LogP contribution is -2.07. The number of benzene rings is 1. The molecule has 0 unspecified atom stereocenters. The van der Waals surface area contributed by atoms with E-state index in [4.69, 9.17) is 10.5 Å². The SMILES string of the molecule is COc1cc(-n2nncc2CN)c(Br)cc1Br. The van der Waals surface area contributed by atoms with Crippen LogP contribution in [-0.2, 0) is 6.54 Å². The number of nitrogens with two attached hydrogens (primary N) is 1. The molecule has 0 saturated heterocycles. The average Bonchev–Trinajstić information content (AvgIpc) is 2.77. The van der Waals surface area contributed by atoms with Gasteiger partial charge in [0.15, 0.2) is 0 Å². The van der Waals surface area contributed by atoms with E-state index < -0.39 is 0 Å². The van der Waals surface area contributed by atoms with E-state index in [1.54, 1.807) is 18.0 Å². The van der Waals surface area contributed by atoms with E-state index in [1.165, 1.54) is 0 Å². The monoisotopic (exact) mass is 360 g/mol. The first kappa shape index (κ1) is 12.5. The van der Waals surface area contributed by atoms with Gasteiger partial charge in [-0.3, -0.25) is 0 Å². The van der Waals surface area contributed by atoms with Crippen molar-refractivity contribution in [3.8, 4) is 11.4 Å². The van der Waals surface area contributed by atoms with Gasteiger partial charge in [0.25, 0.3) is 0 Å². The number of aromatic nitrogens is 3. The molecule has 2 aromatic rings. The van der Waals surface area contributed by atoms with Crippen molar-refractivity contribution >= 4 is 31.9 Å². The van der Waals surface area contributed by atoms with Gasteiger partial charge in [-0.15, -0.1) is 5.10 Å². The van der Waals surface area contributed by atoms with Crippen molar-refractivity contribution in [2.24, 2.45) is 5.73 Å². The number of hydrogen-bond acceptors (Lipinski definition) is 4. The molecule has 0 saturated carbocycles. The highest BCUT2D eigenvalue weighted by Gasteiger charge is 2.12. The Hall–Kier alpha value is -0.920. The standard InChI is InChI=1S/C10H10Br2N4O/c1-17-10-3-9(7(11)2-8(10)12)16-6(4-13)5-14-15-16/h2-3,5H,4,13H2,1H3. The Morgan fingerprint density at radius 2 is 2.12 bits per heavy atom. The van der Waals surface area contributed by atoms with E-state index in [2.05, 4.69) is 42.2 Å². The Kier molecular flexibility index (Phi) is 3.80. The lowest BCUT2D eigenvalue weighted by molar-refractivity contribution is 0.411. The molecule has 0 bridgehead atoms. The first-order valence-corrected chi connectivity index (χ1v) is 6.39. The molecule has 0 radical (unpaired) electrons. The summed E-state index contributed by atoms with van der Waals surface area (Å²) in [4.78, 5) is 0. The molecule has 0 spiro atoms. The van der Waals surface area contributed by atoms with Gasteiger partial charge in [-0.1, -0.05) is 5.21 Å². The summed E-state index contributed by atoms with van der Waals surface area (Å²) < 4.78 is 8.68. The van der Waals surface area contributed by atoms with Crippen LogP contribution in [0.2, 0.25) is 0 Å². The second kappa shape index (κ2) is 5.16. The van der Waals surface area contributed by atoms with Crippen LogP contribution in [0.4, 0.5) is 0 Å². The second-order valence-corrected chi connectivity index (χ2v) is 4.99. The Morgan fingerprint density at radius 1 is 1.35 bits per heavy atom. The van der Waals surface area contributed by atoms with E-state index in [-0.39, 0.29) is 0 Å². The molecule has 0 fully saturated rings. The molecule has 2 N–H and O–H groups in total. The van der Waals surface area contributed by atoms with Crippen molar-refractivity contribution in [1.82, 2.24) is 15.0 Å². The van der Waals surface area contributed by atoms with Crippen molar-refractivity contribution < 1.29 is 4.74 Å². The zero-order valence-corrected chi connectivity index (χ0v) is 12.2. The summed E-state index contributed by atoms with van der Waals surface area (Å²) in [5.41, 5.74) is 7.29. The number of hydrogen-bond donors (Lipinski definition) is 1. The molecule has 0 aliphatic carbocycles. The van der Waals surface area contributed by atoms with E-state index in [0.29, 0.717) is 6.54 Å². The molecule has 17 heavy (non-hydrogen) atoms. The first-order valence-electron chi connectivity index (χ1n) is 4.80. The van der Waals surface area contributed by atoms with Crippen LogP contribution in [0.3, 0.4) is 0 Å². The number of rotatable bonds is 3. The van der Waals surface area contributed by atoms with E-state index in [0.717, 1.165) is 26.1 Å². The summed E-state index contributed by atoms with van der Waals surface area (Å²) in [6.07, 6.45) is 1.64. The predicted molar refractivity (Wildman–Crippen MR) is 71.2 cm³/mol. The quantitative estimate of drug-likeness (QED) is 0.910. The van der Waals surface area contributed by atoms with Gasteiger partial charge in [0, 0.05) is 17.1 Å². The minimum absolute atomic E-state index is 0.373. The number of halogens is 2. The van der Waals surface area contributed by atoms with Crippen LogP contribution < -0.4 is 10.5 Å². The van der Waals surface area contributed by atoms with Gasteiger partial charge in [0.05, 0.1) is 29.2 Å². The summed E-state index contributed by atoms with van der Waals surface area (Å²) in [5.74, 6) is 0.724. The molecule has 1 aromatic carbocycles. The highest BCUT2D eigenvalue weighted by atomic mass is 79.9. The average molecular weight is 362 g/mol. The van der Waals surface area contributed by atoms with E-state index >= 15 is 0 Å². The fourth-order valence-electron chi connectivity index (χ4n) is 1.44. The fraction of sp³-hybridized carbons (Fsp3) is 0.200. The van der Waals surface area contributed by atoms with Gasteiger partial charge in [-0.05, 0) is 37.9 Å². The normalized spacial score (nSPS) is 10.6. The highest BCUT2D eigenvalue weighted by molar-refractivity contribution is 9.11. The number of methoxy groups -OCH3 is 1. The predicted octanol–water partition coefficient (Wildman–Crippen LogP) is 2.26. The Labute approximate surface area is 115 Å². The van der Waals surface area contributed by atoms with Crippen LogP contribution >= 0.6 is 31.9 Å². The van der Waals surface area contributed by atoms with Gasteiger partial charge in [-0.2, -0.15) is 0 Å². The third-order valence-corrected chi connectivity index (χ3v) is 3.53. The maximum atomic E-state index is 5.63. The molecule has 0 aliphatic heterocycles. The van der Waals surface area contributed by atoms with Crippen LogP contribution in [0.5, 0.6) is 5.75 Å². The van der Waals surface area contributed by atoms with Gasteiger partial charge < -0.3 is 10.5 Å². The largest absolute Gasteiger partial charge is 0.495 e. The first-order chi connectivity index (χ1) is 8.17. The summed E-state index contributed by atoms with van der Waals surface area (Å²) in [5, 5.41) is 7.86.